The van der Waals surface area contributed by atoms with Crippen LogP contribution in [0.3, 0.4) is 0 Å². The maximum atomic E-state index is 5.38. The highest BCUT2D eigenvalue weighted by atomic mass is 79.9. The molecule has 10 rings (SSSR count). The molecule has 0 N–H and O–H groups in total. The molecule has 0 fully saturated rings. The van der Waals surface area contributed by atoms with Gasteiger partial charge in [-0.2, -0.15) is 0 Å². The Morgan fingerprint density at radius 1 is 0.235 bits per heavy atom. The van der Waals surface area contributed by atoms with Crippen molar-refractivity contribution in [1.29, 1.82) is 0 Å². The third kappa shape index (κ3) is 11.0. The predicted octanol–water partition coefficient (Wildman–Crippen LogP) is 18.5. The van der Waals surface area contributed by atoms with Gasteiger partial charge in [0.05, 0.1) is 14.2 Å². The van der Waals surface area contributed by atoms with Crippen molar-refractivity contribution in [3.63, 3.8) is 0 Å². The first kappa shape index (κ1) is 45.5. The van der Waals surface area contributed by atoms with Crippen LogP contribution >= 0.6 is 31.9 Å². The van der Waals surface area contributed by atoms with Gasteiger partial charge in [-0.25, -0.2) is 0 Å². The minimum atomic E-state index is 0.838. The molecular weight excluding hydrogens is 965 g/mol. The molecule has 0 bridgehead atoms. The van der Waals surface area contributed by atoms with E-state index < -0.39 is 0 Å². The minimum Gasteiger partial charge on any atom is -0.497 e. The van der Waals surface area contributed by atoms with Gasteiger partial charge in [-0.05, 0) is 166 Å². The number of halogens is 2. The largest absolute Gasteiger partial charge is 0.497 e. The highest BCUT2D eigenvalue weighted by Gasteiger charge is 2.15. The molecule has 0 spiro atoms. The molecule has 0 aromatic heterocycles. The van der Waals surface area contributed by atoms with Crippen molar-refractivity contribution < 1.29 is 9.47 Å². The fraction of sp³-hybridized carbons (Fsp3) is 0.0323. The van der Waals surface area contributed by atoms with Crippen molar-refractivity contribution in [2.45, 2.75) is 0 Å². The third-order valence-corrected chi connectivity index (χ3v) is 12.8. The fourth-order valence-corrected chi connectivity index (χ4v) is 8.64. The molecule has 10 aromatic rings. The number of hydrogen-bond acceptors (Lipinski definition) is 4. The average Bonchev–Trinajstić information content (AvgIpc) is 3.41. The van der Waals surface area contributed by atoms with E-state index in [-0.39, 0.29) is 0 Å². The normalized spacial score (nSPS) is 10.6. The molecule has 0 unspecified atom stereocenters. The summed E-state index contributed by atoms with van der Waals surface area (Å²) in [5, 5.41) is 0. The number of benzene rings is 10. The van der Waals surface area contributed by atoms with Gasteiger partial charge in [-0.3, -0.25) is 0 Å². The number of anilines is 6. The molecule has 0 saturated heterocycles. The Morgan fingerprint density at radius 3 is 0.647 bits per heavy atom. The molecule has 4 nitrogen and oxygen atoms in total. The summed E-state index contributed by atoms with van der Waals surface area (Å²) in [6.45, 7) is 0. The van der Waals surface area contributed by atoms with E-state index in [1.807, 2.05) is 36.4 Å². The Labute approximate surface area is 416 Å². The second kappa shape index (κ2) is 21.8. The van der Waals surface area contributed by atoms with Crippen LogP contribution in [0.1, 0.15) is 0 Å². The van der Waals surface area contributed by atoms with Gasteiger partial charge in [-0.15, -0.1) is 0 Å². The number of nitrogens with zero attached hydrogens (tertiary/aromatic N) is 2. The first-order valence-electron chi connectivity index (χ1n) is 22.3. The van der Waals surface area contributed by atoms with E-state index in [1.165, 1.54) is 44.5 Å². The highest BCUT2D eigenvalue weighted by Crippen LogP contribution is 2.39. The van der Waals surface area contributed by atoms with E-state index >= 15 is 0 Å². The fourth-order valence-electron chi connectivity index (χ4n) is 8.11. The standard InChI is InChI=1S/C31H23Br2NO.C31H25NO/c1-35-31-20-18-30(19-21-31)34(28-14-6-24(7-15-28)22-2-10-26(32)11-3-22)29-16-8-25(9-17-29)23-4-12-27(33)13-5-23;1-33-31-22-20-30(21-23-31)32(28-16-12-26(13-17-28)24-8-4-2-5-9-24)29-18-14-27(15-19-29)25-10-6-3-7-11-25/h2-21H,1H3;2-23H,1H3. The van der Waals surface area contributed by atoms with Gasteiger partial charge in [0.2, 0.25) is 0 Å². The average molecular weight is 1010 g/mol. The zero-order valence-corrected chi connectivity index (χ0v) is 40.9. The Hall–Kier alpha value is -7.64. The molecular formula is C62H48Br2N2O2. The van der Waals surface area contributed by atoms with Crippen LogP contribution < -0.4 is 19.3 Å². The van der Waals surface area contributed by atoms with E-state index in [9.17, 15) is 0 Å². The van der Waals surface area contributed by atoms with E-state index in [2.05, 4.69) is 260 Å². The first-order valence-corrected chi connectivity index (χ1v) is 23.9. The summed E-state index contributed by atoms with van der Waals surface area (Å²) in [6.07, 6.45) is 0. The lowest BCUT2D eigenvalue weighted by atomic mass is 10.0. The third-order valence-electron chi connectivity index (χ3n) is 11.7. The van der Waals surface area contributed by atoms with E-state index in [0.29, 0.717) is 0 Å². The number of hydrogen-bond donors (Lipinski definition) is 0. The topological polar surface area (TPSA) is 24.9 Å². The molecule has 0 saturated carbocycles. The van der Waals surface area contributed by atoms with E-state index in [0.717, 1.165) is 54.6 Å². The smallest absolute Gasteiger partial charge is 0.119 e. The van der Waals surface area contributed by atoms with Crippen molar-refractivity contribution in [2.75, 3.05) is 24.0 Å². The predicted molar refractivity (Wildman–Crippen MR) is 292 cm³/mol. The van der Waals surface area contributed by atoms with Gasteiger partial charge in [0, 0.05) is 43.1 Å². The van der Waals surface area contributed by atoms with Crippen LogP contribution in [0.4, 0.5) is 34.1 Å². The van der Waals surface area contributed by atoms with Gasteiger partial charge in [0.25, 0.3) is 0 Å². The summed E-state index contributed by atoms with van der Waals surface area (Å²) >= 11 is 7.03. The second-order valence-electron chi connectivity index (χ2n) is 16.0. The molecule has 0 aliphatic heterocycles. The van der Waals surface area contributed by atoms with Crippen molar-refractivity contribution in [2.24, 2.45) is 0 Å². The molecule has 332 valence electrons. The highest BCUT2D eigenvalue weighted by molar-refractivity contribution is 9.10. The maximum Gasteiger partial charge on any atom is 0.119 e. The molecule has 0 atom stereocenters. The van der Waals surface area contributed by atoms with Gasteiger partial charge in [0.15, 0.2) is 0 Å². The molecule has 0 aliphatic rings. The van der Waals surface area contributed by atoms with E-state index in [4.69, 9.17) is 9.47 Å². The van der Waals surface area contributed by atoms with Crippen molar-refractivity contribution in [3.05, 3.63) is 264 Å². The lowest BCUT2D eigenvalue weighted by Crippen LogP contribution is -2.09. The Kier molecular flexibility index (Phi) is 14.6. The van der Waals surface area contributed by atoms with Crippen molar-refractivity contribution in [1.82, 2.24) is 0 Å². The van der Waals surface area contributed by atoms with Crippen LogP contribution in [0.5, 0.6) is 11.5 Å². The quantitative estimate of drug-likeness (QED) is 0.122. The molecule has 0 radical (unpaired) electrons. The van der Waals surface area contributed by atoms with Crippen LogP contribution in [-0.2, 0) is 0 Å². The molecule has 10 aromatic carbocycles. The van der Waals surface area contributed by atoms with Gasteiger partial charge in [0.1, 0.15) is 11.5 Å². The summed E-state index contributed by atoms with van der Waals surface area (Å²) in [6, 6.07) is 88.9. The summed E-state index contributed by atoms with van der Waals surface area (Å²) < 4.78 is 12.9. The summed E-state index contributed by atoms with van der Waals surface area (Å²) in [7, 11) is 3.38. The van der Waals surface area contributed by atoms with Gasteiger partial charge in [-0.1, -0.05) is 165 Å². The number of methoxy groups -OCH3 is 2. The lowest BCUT2D eigenvalue weighted by molar-refractivity contribution is 0.414. The van der Waals surface area contributed by atoms with E-state index in [1.54, 1.807) is 14.2 Å². The van der Waals surface area contributed by atoms with Crippen molar-refractivity contribution in [3.8, 4) is 56.0 Å². The van der Waals surface area contributed by atoms with Crippen LogP contribution in [0.25, 0.3) is 44.5 Å². The van der Waals surface area contributed by atoms with Crippen LogP contribution in [0, 0.1) is 0 Å². The van der Waals surface area contributed by atoms with Crippen LogP contribution in [0.15, 0.2) is 264 Å². The van der Waals surface area contributed by atoms with Crippen LogP contribution in [-0.4, -0.2) is 14.2 Å². The number of rotatable bonds is 12. The minimum absolute atomic E-state index is 0.838. The number of ether oxygens (including phenoxy) is 2. The van der Waals surface area contributed by atoms with Gasteiger partial charge >= 0.3 is 0 Å². The SMILES string of the molecule is COc1ccc(N(c2ccc(-c3ccc(Br)cc3)cc2)c2ccc(-c3ccc(Br)cc3)cc2)cc1.COc1ccc(N(c2ccc(-c3ccccc3)cc2)c2ccc(-c3ccccc3)cc2)cc1. The zero-order chi connectivity index (χ0) is 46.7. The summed E-state index contributed by atoms with van der Waals surface area (Å²) in [5.41, 5.74) is 16.1. The molecule has 0 amide bonds. The monoisotopic (exact) mass is 1010 g/mol. The molecule has 68 heavy (non-hydrogen) atoms. The second-order valence-corrected chi connectivity index (χ2v) is 17.8. The molecule has 6 heteroatoms. The molecule has 0 aliphatic carbocycles. The maximum absolute atomic E-state index is 5.38. The van der Waals surface area contributed by atoms with Crippen LogP contribution in [0.2, 0.25) is 0 Å². The summed E-state index contributed by atoms with van der Waals surface area (Å²) in [5.74, 6) is 1.68. The zero-order valence-electron chi connectivity index (χ0n) is 37.7. The Balaban J connectivity index is 0.000000170. The lowest BCUT2D eigenvalue weighted by Gasteiger charge is -2.26. The van der Waals surface area contributed by atoms with Gasteiger partial charge < -0.3 is 19.3 Å². The Bertz CT molecular complexity index is 2960. The van der Waals surface area contributed by atoms with Crippen molar-refractivity contribution >= 4 is 66.0 Å². The Morgan fingerprint density at radius 2 is 0.426 bits per heavy atom. The molecule has 0 heterocycles. The first-order chi connectivity index (χ1) is 33.4. The summed E-state index contributed by atoms with van der Waals surface area (Å²) in [4.78, 5) is 4.53.